The number of alkyl halides is 1. The number of unbranched alkanes of at least 4 members (excludes halogenated alkanes) is 5. The summed E-state index contributed by atoms with van der Waals surface area (Å²) in [6, 6.07) is 0. The van der Waals surface area contributed by atoms with Gasteiger partial charge < -0.3 is 4.74 Å². The van der Waals surface area contributed by atoms with Gasteiger partial charge in [-0.1, -0.05) is 46.8 Å². The Kier molecular flexibility index (Phi) is 7.93. The fourth-order valence-electron chi connectivity index (χ4n) is 1.96. The first-order valence-corrected chi connectivity index (χ1v) is 8.40. The lowest BCUT2D eigenvalue weighted by atomic mass is 10.1. The molecule has 0 N–H and O–H groups in total. The van der Waals surface area contributed by atoms with Gasteiger partial charge >= 0.3 is 5.97 Å². The molecule has 1 aromatic rings. The van der Waals surface area contributed by atoms with E-state index in [-0.39, 0.29) is 5.97 Å². The maximum atomic E-state index is 11.5. The summed E-state index contributed by atoms with van der Waals surface area (Å²) in [6.45, 7) is 4.12. The van der Waals surface area contributed by atoms with Crippen LogP contribution in [0.1, 0.15) is 58.1 Å². The summed E-state index contributed by atoms with van der Waals surface area (Å²) in [4.78, 5) is 11.5. The van der Waals surface area contributed by atoms with Crippen molar-refractivity contribution >= 4 is 21.9 Å². The molecule has 1 aromatic heterocycles. The highest BCUT2D eigenvalue weighted by Gasteiger charge is 2.24. The molecule has 21 heavy (non-hydrogen) atoms. The Morgan fingerprint density at radius 1 is 1.24 bits per heavy atom. The lowest BCUT2D eigenvalue weighted by molar-refractivity contribution is -0.145. The summed E-state index contributed by atoms with van der Waals surface area (Å²) in [7, 11) is 1.89. The number of carbonyl (C=O) groups excluding carboxylic acids is 1. The summed E-state index contributed by atoms with van der Waals surface area (Å²) < 4.78 is 6.36. The Hall–Kier alpha value is -0.910. The Bertz CT molecular complexity index is 427. The Morgan fingerprint density at radius 3 is 2.43 bits per heavy atom. The fraction of sp³-hybridized carbons (Fsp3) is 0.800. The molecule has 0 aliphatic rings. The first-order chi connectivity index (χ1) is 9.89. The number of nitrogens with zero attached hydrogens (tertiary/aromatic N) is 3. The van der Waals surface area contributed by atoms with Crippen LogP contribution in [0.5, 0.6) is 0 Å². The molecule has 120 valence electrons. The smallest absolute Gasteiger partial charge is 0.322 e. The summed E-state index contributed by atoms with van der Waals surface area (Å²) in [5, 5.41) is 7.99. The monoisotopic (exact) mass is 359 g/mol. The van der Waals surface area contributed by atoms with Crippen molar-refractivity contribution in [2.45, 2.75) is 63.1 Å². The van der Waals surface area contributed by atoms with Crippen LogP contribution in [0.15, 0.2) is 6.20 Å². The second-order valence-corrected chi connectivity index (χ2v) is 7.85. The summed E-state index contributed by atoms with van der Waals surface area (Å²) >= 11 is 3.29. The summed E-state index contributed by atoms with van der Waals surface area (Å²) in [6.07, 6.45) is 9.82. The second kappa shape index (κ2) is 9.18. The van der Waals surface area contributed by atoms with Crippen LogP contribution in [0, 0.1) is 0 Å². The average molecular weight is 360 g/mol. The van der Waals surface area contributed by atoms with Crippen LogP contribution in [-0.2, 0) is 23.0 Å². The quantitative estimate of drug-likeness (QED) is 0.365. The van der Waals surface area contributed by atoms with Crippen LogP contribution in [0.2, 0.25) is 0 Å². The number of aryl methyl sites for hydroxylation is 2. The Balaban J connectivity index is 1.90. The molecule has 6 heteroatoms. The predicted molar refractivity (Wildman–Crippen MR) is 86.4 cm³/mol. The molecule has 1 rings (SSSR count). The van der Waals surface area contributed by atoms with Crippen molar-refractivity contribution in [3.63, 3.8) is 0 Å². The summed E-state index contributed by atoms with van der Waals surface area (Å²) in [5.41, 5.74) is 1.07. The van der Waals surface area contributed by atoms with Gasteiger partial charge in [-0.25, -0.2) is 0 Å². The molecule has 0 fully saturated rings. The molecule has 0 saturated carbocycles. The van der Waals surface area contributed by atoms with Gasteiger partial charge in [0.2, 0.25) is 0 Å². The molecule has 0 atom stereocenters. The van der Waals surface area contributed by atoms with Crippen molar-refractivity contribution in [2.24, 2.45) is 7.05 Å². The van der Waals surface area contributed by atoms with Crippen LogP contribution in [0.4, 0.5) is 0 Å². The zero-order valence-corrected chi connectivity index (χ0v) is 14.9. The van der Waals surface area contributed by atoms with Crippen LogP contribution in [0.25, 0.3) is 0 Å². The van der Waals surface area contributed by atoms with Crippen molar-refractivity contribution in [3.8, 4) is 0 Å². The predicted octanol–water partition coefficient (Wildman–Crippen LogP) is 3.41. The van der Waals surface area contributed by atoms with E-state index in [1.165, 1.54) is 19.3 Å². The van der Waals surface area contributed by atoms with E-state index < -0.39 is 4.32 Å². The SMILES string of the molecule is Cn1cc(CCCCCCCCOC(=O)C(C)(C)Br)nn1. The molecular weight excluding hydrogens is 334 g/mol. The zero-order valence-electron chi connectivity index (χ0n) is 13.3. The minimum absolute atomic E-state index is 0.188. The number of hydrogen-bond donors (Lipinski definition) is 0. The Morgan fingerprint density at radius 2 is 1.86 bits per heavy atom. The van der Waals surface area contributed by atoms with E-state index in [1.807, 2.05) is 13.2 Å². The van der Waals surface area contributed by atoms with E-state index in [0.717, 1.165) is 31.4 Å². The van der Waals surface area contributed by atoms with E-state index in [2.05, 4.69) is 26.2 Å². The van der Waals surface area contributed by atoms with Gasteiger partial charge in [0.05, 0.1) is 12.3 Å². The fourth-order valence-corrected chi connectivity index (χ4v) is 2.08. The van der Waals surface area contributed by atoms with E-state index >= 15 is 0 Å². The van der Waals surface area contributed by atoms with Crippen LogP contribution in [0.3, 0.4) is 0 Å². The van der Waals surface area contributed by atoms with Crippen LogP contribution >= 0.6 is 15.9 Å². The molecule has 0 bridgehead atoms. The van der Waals surface area contributed by atoms with Crippen molar-refractivity contribution < 1.29 is 9.53 Å². The molecule has 5 nitrogen and oxygen atoms in total. The molecule has 0 amide bonds. The lowest BCUT2D eigenvalue weighted by Gasteiger charge is -2.14. The minimum Gasteiger partial charge on any atom is -0.465 e. The van der Waals surface area contributed by atoms with Gasteiger partial charge in [-0.2, -0.15) is 0 Å². The number of rotatable bonds is 10. The van der Waals surface area contributed by atoms with Gasteiger partial charge in [0.1, 0.15) is 4.32 Å². The highest BCUT2D eigenvalue weighted by Crippen LogP contribution is 2.17. The third-order valence-electron chi connectivity index (χ3n) is 3.20. The number of halogens is 1. The summed E-state index contributed by atoms with van der Waals surface area (Å²) in [5.74, 6) is -0.188. The molecule has 0 aliphatic heterocycles. The van der Waals surface area contributed by atoms with Gasteiger partial charge in [0.15, 0.2) is 0 Å². The maximum Gasteiger partial charge on any atom is 0.322 e. The van der Waals surface area contributed by atoms with E-state index in [0.29, 0.717) is 6.61 Å². The largest absolute Gasteiger partial charge is 0.465 e. The number of aromatic nitrogens is 3. The van der Waals surface area contributed by atoms with Crippen molar-refractivity contribution in [1.82, 2.24) is 15.0 Å². The van der Waals surface area contributed by atoms with E-state index in [9.17, 15) is 4.79 Å². The molecule has 1 heterocycles. The van der Waals surface area contributed by atoms with E-state index in [1.54, 1.807) is 18.5 Å². The van der Waals surface area contributed by atoms with E-state index in [4.69, 9.17) is 4.74 Å². The maximum absolute atomic E-state index is 11.5. The van der Waals surface area contributed by atoms with Gasteiger partial charge in [-0.05, 0) is 33.1 Å². The molecule has 0 aromatic carbocycles. The molecule has 0 radical (unpaired) electrons. The van der Waals surface area contributed by atoms with Crippen molar-refractivity contribution in [2.75, 3.05) is 6.61 Å². The van der Waals surface area contributed by atoms with Gasteiger partial charge in [-0.3, -0.25) is 9.48 Å². The normalized spacial score (nSPS) is 11.6. The zero-order chi connectivity index (χ0) is 15.7. The molecular formula is C15H26BrN3O2. The number of ether oxygens (including phenoxy) is 1. The lowest BCUT2D eigenvalue weighted by Crippen LogP contribution is -2.26. The van der Waals surface area contributed by atoms with Crippen molar-refractivity contribution in [3.05, 3.63) is 11.9 Å². The van der Waals surface area contributed by atoms with Crippen LogP contribution in [-0.4, -0.2) is 31.9 Å². The second-order valence-electron chi connectivity index (χ2n) is 5.86. The third kappa shape index (κ3) is 8.19. The van der Waals surface area contributed by atoms with Crippen molar-refractivity contribution in [1.29, 1.82) is 0 Å². The van der Waals surface area contributed by atoms with Gasteiger partial charge in [0, 0.05) is 13.2 Å². The highest BCUT2D eigenvalue weighted by atomic mass is 79.9. The number of esters is 1. The first kappa shape index (κ1) is 18.1. The van der Waals surface area contributed by atoms with Crippen LogP contribution < -0.4 is 0 Å². The molecule has 0 unspecified atom stereocenters. The van der Waals surface area contributed by atoms with Gasteiger partial charge in [-0.15, -0.1) is 5.10 Å². The highest BCUT2D eigenvalue weighted by molar-refractivity contribution is 9.10. The standard InChI is InChI=1S/C15H26BrN3O2/c1-15(2,16)14(20)21-11-9-7-5-4-6-8-10-13-12-19(3)18-17-13/h12H,4-11H2,1-3H3. The molecule has 0 aliphatic carbocycles. The first-order valence-electron chi connectivity index (χ1n) is 7.61. The minimum atomic E-state index is -0.576. The molecule has 0 saturated heterocycles. The third-order valence-corrected chi connectivity index (χ3v) is 3.52. The topological polar surface area (TPSA) is 57.0 Å². The Labute approximate surface area is 135 Å². The average Bonchev–Trinajstić information content (AvgIpc) is 2.81. The molecule has 0 spiro atoms. The number of carbonyl (C=O) groups is 1. The number of hydrogen-bond acceptors (Lipinski definition) is 4. The van der Waals surface area contributed by atoms with Gasteiger partial charge in [0.25, 0.3) is 0 Å².